The van der Waals surface area contributed by atoms with Crippen molar-refractivity contribution in [3.63, 3.8) is 0 Å². The minimum atomic E-state index is 0.368. The molecule has 1 saturated heterocycles. The van der Waals surface area contributed by atoms with Gasteiger partial charge in [-0.15, -0.1) is 0 Å². The van der Waals surface area contributed by atoms with Gasteiger partial charge in [0.15, 0.2) is 0 Å². The van der Waals surface area contributed by atoms with E-state index in [1.165, 1.54) is 38.8 Å². The number of piperidine rings is 1. The quantitative estimate of drug-likeness (QED) is 0.733. The summed E-state index contributed by atoms with van der Waals surface area (Å²) >= 11 is 0. The number of hydrogen-bond acceptors (Lipinski definition) is 2. The molecule has 2 nitrogen and oxygen atoms in total. The van der Waals surface area contributed by atoms with Crippen molar-refractivity contribution in [3.8, 4) is 0 Å². The van der Waals surface area contributed by atoms with Crippen molar-refractivity contribution in [2.45, 2.75) is 51.9 Å². The smallest absolute Gasteiger partial charge is 0.137 e. The zero-order chi connectivity index (χ0) is 11.4. The third kappa shape index (κ3) is 3.07. The first-order valence-corrected chi connectivity index (χ1v) is 7.04. The predicted octanol–water partition coefficient (Wildman–Crippen LogP) is 2.87. The standard InChI is InChI=1S/C14H25NO/c1-2-12-7-9-15(10-8-12)11-13-5-3-4-6-14(13)16/h12-13H,2-11H2,1H3. The summed E-state index contributed by atoms with van der Waals surface area (Å²) in [5.41, 5.74) is 0. The van der Waals surface area contributed by atoms with Crippen LogP contribution in [0.1, 0.15) is 51.9 Å². The van der Waals surface area contributed by atoms with Gasteiger partial charge in [0.1, 0.15) is 5.78 Å². The van der Waals surface area contributed by atoms with E-state index in [0.29, 0.717) is 11.7 Å². The van der Waals surface area contributed by atoms with Crippen molar-refractivity contribution in [1.82, 2.24) is 4.90 Å². The first-order valence-electron chi connectivity index (χ1n) is 7.04. The third-order valence-corrected chi connectivity index (χ3v) is 4.44. The molecule has 0 aromatic heterocycles. The SMILES string of the molecule is CCC1CCN(CC2CCCCC2=O)CC1. The molecular weight excluding hydrogens is 198 g/mol. The van der Waals surface area contributed by atoms with Gasteiger partial charge < -0.3 is 4.90 Å². The minimum Gasteiger partial charge on any atom is -0.303 e. The molecule has 0 N–H and O–H groups in total. The van der Waals surface area contributed by atoms with Crippen molar-refractivity contribution >= 4 is 5.78 Å². The van der Waals surface area contributed by atoms with E-state index >= 15 is 0 Å². The summed E-state index contributed by atoms with van der Waals surface area (Å²) in [5, 5.41) is 0. The molecule has 1 heterocycles. The average Bonchev–Trinajstić information content (AvgIpc) is 2.33. The molecule has 0 spiro atoms. The molecular formula is C14H25NO. The Morgan fingerprint density at radius 1 is 1.19 bits per heavy atom. The van der Waals surface area contributed by atoms with E-state index in [1.807, 2.05) is 0 Å². The highest BCUT2D eigenvalue weighted by Gasteiger charge is 2.26. The molecule has 2 heteroatoms. The minimum absolute atomic E-state index is 0.368. The number of rotatable bonds is 3. The molecule has 1 saturated carbocycles. The topological polar surface area (TPSA) is 20.3 Å². The lowest BCUT2D eigenvalue weighted by molar-refractivity contribution is -0.125. The zero-order valence-corrected chi connectivity index (χ0v) is 10.6. The number of likely N-dealkylation sites (tertiary alicyclic amines) is 1. The Labute approximate surface area is 99.4 Å². The van der Waals surface area contributed by atoms with E-state index < -0.39 is 0 Å². The number of hydrogen-bond donors (Lipinski definition) is 0. The maximum absolute atomic E-state index is 11.8. The Hall–Kier alpha value is -0.370. The molecule has 2 rings (SSSR count). The van der Waals surface area contributed by atoms with Crippen LogP contribution in [0.25, 0.3) is 0 Å². The van der Waals surface area contributed by atoms with Gasteiger partial charge in [-0.3, -0.25) is 4.79 Å². The molecule has 0 amide bonds. The monoisotopic (exact) mass is 223 g/mol. The van der Waals surface area contributed by atoms with E-state index in [2.05, 4.69) is 11.8 Å². The average molecular weight is 223 g/mol. The number of carbonyl (C=O) groups is 1. The van der Waals surface area contributed by atoms with Crippen LogP contribution in [0.2, 0.25) is 0 Å². The first-order chi connectivity index (χ1) is 7.79. The van der Waals surface area contributed by atoms with Crippen LogP contribution in [-0.4, -0.2) is 30.3 Å². The Kier molecular flexibility index (Phi) is 4.39. The lowest BCUT2D eigenvalue weighted by atomic mass is 9.86. The van der Waals surface area contributed by atoms with Gasteiger partial charge in [-0.05, 0) is 44.7 Å². The fourth-order valence-corrected chi connectivity index (χ4v) is 3.14. The second-order valence-electron chi connectivity index (χ2n) is 5.56. The van der Waals surface area contributed by atoms with Crippen molar-refractivity contribution in [1.29, 1.82) is 0 Å². The van der Waals surface area contributed by atoms with Gasteiger partial charge in [0.25, 0.3) is 0 Å². The number of carbonyl (C=O) groups excluding carboxylic acids is 1. The molecule has 92 valence electrons. The van der Waals surface area contributed by atoms with Gasteiger partial charge >= 0.3 is 0 Å². The molecule has 16 heavy (non-hydrogen) atoms. The normalized spacial score (nSPS) is 29.6. The van der Waals surface area contributed by atoms with Gasteiger partial charge in [-0.1, -0.05) is 19.8 Å². The summed E-state index contributed by atoms with van der Waals surface area (Å²) in [7, 11) is 0. The predicted molar refractivity (Wildman–Crippen MR) is 66.4 cm³/mol. The van der Waals surface area contributed by atoms with E-state index in [9.17, 15) is 4.79 Å². The van der Waals surface area contributed by atoms with E-state index in [-0.39, 0.29) is 0 Å². The summed E-state index contributed by atoms with van der Waals surface area (Å²) in [6.45, 7) is 5.80. The van der Waals surface area contributed by atoms with Gasteiger partial charge in [0, 0.05) is 18.9 Å². The second-order valence-corrected chi connectivity index (χ2v) is 5.56. The van der Waals surface area contributed by atoms with Crippen molar-refractivity contribution < 1.29 is 4.79 Å². The van der Waals surface area contributed by atoms with E-state index in [0.717, 1.165) is 31.7 Å². The van der Waals surface area contributed by atoms with Crippen LogP contribution in [0.15, 0.2) is 0 Å². The summed E-state index contributed by atoms with van der Waals surface area (Å²) < 4.78 is 0. The van der Waals surface area contributed by atoms with Gasteiger partial charge in [0.05, 0.1) is 0 Å². The van der Waals surface area contributed by atoms with E-state index in [4.69, 9.17) is 0 Å². The molecule has 2 aliphatic rings. The van der Waals surface area contributed by atoms with Crippen LogP contribution < -0.4 is 0 Å². The third-order valence-electron chi connectivity index (χ3n) is 4.44. The molecule has 1 atom stereocenters. The van der Waals surface area contributed by atoms with Crippen molar-refractivity contribution in [2.24, 2.45) is 11.8 Å². The lowest BCUT2D eigenvalue weighted by Crippen LogP contribution is -2.39. The molecule has 0 bridgehead atoms. The summed E-state index contributed by atoms with van der Waals surface area (Å²) in [4.78, 5) is 14.3. The van der Waals surface area contributed by atoms with Crippen LogP contribution >= 0.6 is 0 Å². The molecule has 0 radical (unpaired) electrons. The highest BCUT2D eigenvalue weighted by molar-refractivity contribution is 5.81. The Morgan fingerprint density at radius 2 is 1.94 bits per heavy atom. The summed E-state index contributed by atoms with van der Waals surface area (Å²) in [6.07, 6.45) is 8.41. The molecule has 2 fully saturated rings. The fourth-order valence-electron chi connectivity index (χ4n) is 3.14. The second kappa shape index (κ2) is 5.81. The van der Waals surface area contributed by atoms with Gasteiger partial charge in [0.2, 0.25) is 0 Å². The highest BCUT2D eigenvalue weighted by Crippen LogP contribution is 2.25. The lowest BCUT2D eigenvalue weighted by Gasteiger charge is -2.34. The van der Waals surface area contributed by atoms with Crippen LogP contribution in [0.5, 0.6) is 0 Å². The zero-order valence-electron chi connectivity index (χ0n) is 10.6. The van der Waals surface area contributed by atoms with Crippen molar-refractivity contribution in [2.75, 3.05) is 19.6 Å². The Balaban J connectivity index is 1.75. The number of Topliss-reactive ketones (excluding diaryl/α,β-unsaturated/α-hetero) is 1. The van der Waals surface area contributed by atoms with Crippen LogP contribution in [0.3, 0.4) is 0 Å². The largest absolute Gasteiger partial charge is 0.303 e. The first kappa shape index (κ1) is 12.1. The number of ketones is 1. The molecule has 1 unspecified atom stereocenters. The van der Waals surface area contributed by atoms with Gasteiger partial charge in [-0.25, -0.2) is 0 Å². The Morgan fingerprint density at radius 3 is 2.56 bits per heavy atom. The maximum atomic E-state index is 11.8. The molecule has 0 aromatic carbocycles. The van der Waals surface area contributed by atoms with Crippen LogP contribution in [0.4, 0.5) is 0 Å². The van der Waals surface area contributed by atoms with Gasteiger partial charge in [-0.2, -0.15) is 0 Å². The highest BCUT2D eigenvalue weighted by atomic mass is 16.1. The van der Waals surface area contributed by atoms with Crippen molar-refractivity contribution in [3.05, 3.63) is 0 Å². The summed E-state index contributed by atoms with van der Waals surface area (Å²) in [5.74, 6) is 1.84. The molecule has 0 aromatic rings. The van der Waals surface area contributed by atoms with E-state index in [1.54, 1.807) is 0 Å². The molecule has 1 aliphatic heterocycles. The molecule has 1 aliphatic carbocycles. The fraction of sp³-hybridized carbons (Fsp3) is 0.929. The maximum Gasteiger partial charge on any atom is 0.137 e. The van der Waals surface area contributed by atoms with Crippen LogP contribution in [-0.2, 0) is 4.79 Å². The summed E-state index contributed by atoms with van der Waals surface area (Å²) in [6, 6.07) is 0. The Bertz CT molecular complexity index is 231. The van der Waals surface area contributed by atoms with Crippen LogP contribution in [0, 0.1) is 11.8 Å². The number of nitrogens with zero attached hydrogens (tertiary/aromatic N) is 1.